The van der Waals surface area contributed by atoms with Crippen LogP contribution in [0.2, 0.25) is 10.0 Å². The van der Waals surface area contributed by atoms with Crippen molar-refractivity contribution < 1.29 is 0 Å². The molecular weight excluding hydrogens is 389 g/mol. The minimum atomic E-state index is 0.354. The minimum absolute atomic E-state index is 0.354. The first-order valence-corrected chi connectivity index (χ1v) is 9.11. The molecule has 0 aliphatic rings. The lowest BCUT2D eigenvalue weighted by molar-refractivity contribution is 0.617. The zero-order valence-electron chi connectivity index (χ0n) is 11.6. The zero-order chi connectivity index (χ0) is 15.2. The Balaban J connectivity index is 1.97. The van der Waals surface area contributed by atoms with Crippen LogP contribution in [0.15, 0.2) is 51.8 Å². The molecule has 0 heterocycles. The molecule has 0 aromatic heterocycles. The summed E-state index contributed by atoms with van der Waals surface area (Å²) >= 11 is 17.5. The van der Waals surface area contributed by atoms with Crippen molar-refractivity contribution in [3.63, 3.8) is 0 Å². The number of rotatable bonds is 6. The van der Waals surface area contributed by atoms with Crippen LogP contribution in [0, 0.1) is 0 Å². The van der Waals surface area contributed by atoms with E-state index in [9.17, 15) is 0 Å². The molecule has 2 rings (SSSR count). The number of benzene rings is 2. The molecule has 1 nitrogen and oxygen atoms in total. The lowest BCUT2D eigenvalue weighted by Crippen LogP contribution is -2.30. The first-order valence-electron chi connectivity index (χ1n) is 6.58. The summed E-state index contributed by atoms with van der Waals surface area (Å²) in [7, 11) is 1.98. The van der Waals surface area contributed by atoms with Crippen LogP contribution in [-0.4, -0.2) is 18.8 Å². The molecule has 0 amide bonds. The van der Waals surface area contributed by atoms with Gasteiger partial charge < -0.3 is 5.32 Å². The van der Waals surface area contributed by atoms with E-state index in [1.54, 1.807) is 11.8 Å². The fourth-order valence-corrected chi connectivity index (χ4v) is 4.02. The number of halogens is 3. The maximum absolute atomic E-state index is 6.29. The summed E-state index contributed by atoms with van der Waals surface area (Å²) in [5.41, 5.74) is 1.16. The molecule has 1 N–H and O–H groups in total. The quantitative estimate of drug-likeness (QED) is 0.621. The van der Waals surface area contributed by atoms with E-state index >= 15 is 0 Å². The van der Waals surface area contributed by atoms with Crippen LogP contribution in [0.3, 0.4) is 0 Å². The molecule has 1 atom stereocenters. The molecule has 2 aromatic carbocycles. The number of thioether (sulfide) groups is 1. The Labute approximate surface area is 148 Å². The van der Waals surface area contributed by atoms with Gasteiger partial charge in [0.2, 0.25) is 0 Å². The van der Waals surface area contributed by atoms with Crippen molar-refractivity contribution in [1.82, 2.24) is 5.32 Å². The van der Waals surface area contributed by atoms with Crippen LogP contribution in [0.1, 0.15) is 5.56 Å². The highest BCUT2D eigenvalue weighted by atomic mass is 79.9. The first-order chi connectivity index (χ1) is 10.1. The molecule has 1 unspecified atom stereocenters. The largest absolute Gasteiger partial charge is 0.316 e. The van der Waals surface area contributed by atoms with Crippen LogP contribution in [0.25, 0.3) is 0 Å². The maximum Gasteiger partial charge on any atom is 0.0449 e. The van der Waals surface area contributed by atoms with Gasteiger partial charge in [-0.1, -0.05) is 51.3 Å². The van der Waals surface area contributed by atoms with Gasteiger partial charge in [0.25, 0.3) is 0 Å². The van der Waals surface area contributed by atoms with Gasteiger partial charge in [0, 0.05) is 31.2 Å². The van der Waals surface area contributed by atoms with Crippen molar-refractivity contribution in [2.24, 2.45) is 0 Å². The molecule has 0 bridgehead atoms. The number of hydrogen-bond donors (Lipinski definition) is 1. The zero-order valence-corrected chi connectivity index (χ0v) is 15.5. The first kappa shape index (κ1) is 17.2. The summed E-state index contributed by atoms with van der Waals surface area (Å²) < 4.78 is 1.01. The van der Waals surface area contributed by atoms with Gasteiger partial charge in [0.15, 0.2) is 0 Å². The predicted molar refractivity (Wildman–Crippen MR) is 97.9 cm³/mol. The van der Waals surface area contributed by atoms with E-state index in [1.165, 1.54) is 4.90 Å². The Bertz CT molecular complexity index is 607. The SMILES string of the molecule is CNC(CSc1cccc(Cl)c1)Cc1ccc(Br)cc1Cl. The second-order valence-corrected chi connectivity index (χ2v) is 7.55. The molecule has 0 spiro atoms. The van der Waals surface area contributed by atoms with E-state index in [4.69, 9.17) is 23.2 Å². The molecule has 0 saturated heterocycles. The van der Waals surface area contributed by atoms with Crippen molar-refractivity contribution in [3.05, 3.63) is 62.5 Å². The van der Waals surface area contributed by atoms with E-state index in [1.807, 2.05) is 37.4 Å². The van der Waals surface area contributed by atoms with Gasteiger partial charge in [-0.25, -0.2) is 0 Å². The molecule has 0 aliphatic heterocycles. The molecule has 0 aliphatic carbocycles. The van der Waals surface area contributed by atoms with Gasteiger partial charge in [0.1, 0.15) is 0 Å². The van der Waals surface area contributed by atoms with Gasteiger partial charge >= 0.3 is 0 Å². The average Bonchev–Trinajstić information content (AvgIpc) is 2.45. The predicted octanol–water partition coefficient (Wildman–Crippen LogP) is 5.68. The monoisotopic (exact) mass is 403 g/mol. The van der Waals surface area contributed by atoms with Gasteiger partial charge in [-0.2, -0.15) is 0 Å². The summed E-state index contributed by atoms with van der Waals surface area (Å²) in [4.78, 5) is 1.18. The Morgan fingerprint density at radius 1 is 1.19 bits per heavy atom. The smallest absolute Gasteiger partial charge is 0.0449 e. The third-order valence-electron chi connectivity index (χ3n) is 3.14. The van der Waals surface area contributed by atoms with E-state index in [2.05, 4.69) is 33.4 Å². The highest BCUT2D eigenvalue weighted by Crippen LogP contribution is 2.25. The second-order valence-electron chi connectivity index (χ2n) is 4.69. The third kappa shape index (κ3) is 5.50. The topological polar surface area (TPSA) is 12.0 Å². The Morgan fingerprint density at radius 2 is 2.00 bits per heavy atom. The van der Waals surface area contributed by atoms with Crippen LogP contribution < -0.4 is 5.32 Å². The van der Waals surface area contributed by atoms with E-state index < -0.39 is 0 Å². The van der Waals surface area contributed by atoms with Crippen LogP contribution in [-0.2, 0) is 6.42 Å². The van der Waals surface area contributed by atoms with Crippen molar-refractivity contribution in [2.45, 2.75) is 17.4 Å². The Morgan fingerprint density at radius 3 is 2.67 bits per heavy atom. The molecular formula is C16H16BrCl2NS. The Hall–Kier alpha value is -0.190. The van der Waals surface area contributed by atoms with Crippen LogP contribution >= 0.6 is 50.9 Å². The molecule has 0 fully saturated rings. The van der Waals surface area contributed by atoms with Gasteiger partial charge in [-0.15, -0.1) is 11.8 Å². The van der Waals surface area contributed by atoms with E-state index in [-0.39, 0.29) is 0 Å². The van der Waals surface area contributed by atoms with Gasteiger partial charge in [0.05, 0.1) is 0 Å². The fourth-order valence-electron chi connectivity index (χ4n) is 1.95. The lowest BCUT2D eigenvalue weighted by Gasteiger charge is -2.17. The minimum Gasteiger partial charge on any atom is -0.316 e. The number of nitrogens with one attached hydrogen (secondary N) is 1. The van der Waals surface area contributed by atoms with Gasteiger partial charge in [-0.3, -0.25) is 0 Å². The summed E-state index contributed by atoms with van der Waals surface area (Å²) in [6, 6.07) is 14.3. The summed E-state index contributed by atoms with van der Waals surface area (Å²) in [6.07, 6.45) is 0.899. The van der Waals surface area contributed by atoms with Crippen LogP contribution in [0.4, 0.5) is 0 Å². The summed E-state index contributed by atoms with van der Waals surface area (Å²) in [5.74, 6) is 0.962. The normalized spacial score (nSPS) is 12.4. The molecule has 2 aromatic rings. The summed E-state index contributed by atoms with van der Waals surface area (Å²) in [5, 5.41) is 4.93. The highest BCUT2D eigenvalue weighted by molar-refractivity contribution is 9.10. The summed E-state index contributed by atoms with van der Waals surface area (Å²) in [6.45, 7) is 0. The van der Waals surface area contributed by atoms with Crippen molar-refractivity contribution in [1.29, 1.82) is 0 Å². The third-order valence-corrected chi connectivity index (χ3v) is 5.37. The fraction of sp³-hybridized carbons (Fsp3) is 0.250. The van der Waals surface area contributed by atoms with Gasteiger partial charge in [-0.05, 0) is 49.4 Å². The molecule has 21 heavy (non-hydrogen) atoms. The molecule has 0 saturated carbocycles. The lowest BCUT2D eigenvalue weighted by atomic mass is 10.1. The van der Waals surface area contributed by atoms with Crippen molar-refractivity contribution in [2.75, 3.05) is 12.8 Å². The number of hydrogen-bond acceptors (Lipinski definition) is 2. The Kier molecular flexibility index (Phi) is 6.90. The maximum atomic E-state index is 6.29. The standard InChI is InChI=1S/C16H16BrCl2NS/c1-20-14(7-11-5-6-12(17)8-16(11)19)10-21-15-4-2-3-13(18)9-15/h2-6,8-9,14,20H,7,10H2,1H3. The van der Waals surface area contributed by atoms with Crippen LogP contribution in [0.5, 0.6) is 0 Å². The molecule has 5 heteroatoms. The van der Waals surface area contributed by atoms with Crippen molar-refractivity contribution in [3.8, 4) is 0 Å². The van der Waals surface area contributed by atoms with E-state index in [0.717, 1.165) is 32.3 Å². The average molecular weight is 405 g/mol. The highest BCUT2D eigenvalue weighted by Gasteiger charge is 2.11. The molecule has 0 radical (unpaired) electrons. The second kappa shape index (κ2) is 8.44. The van der Waals surface area contributed by atoms with E-state index in [0.29, 0.717) is 6.04 Å². The number of likely N-dealkylation sites (N-methyl/N-ethyl adjacent to an activating group) is 1. The molecule has 112 valence electrons. The van der Waals surface area contributed by atoms with Crippen molar-refractivity contribution >= 4 is 50.9 Å².